The molecule has 2 rings (SSSR count). The van der Waals surface area contributed by atoms with Crippen molar-refractivity contribution in [1.29, 1.82) is 0 Å². The molecule has 1 saturated carbocycles. The van der Waals surface area contributed by atoms with Crippen LogP contribution in [0.3, 0.4) is 0 Å². The van der Waals surface area contributed by atoms with Crippen LogP contribution in [0.2, 0.25) is 0 Å². The Morgan fingerprint density at radius 3 is 2.86 bits per heavy atom. The minimum Gasteiger partial charge on any atom is -0.373 e. The van der Waals surface area contributed by atoms with Crippen LogP contribution in [-0.4, -0.2) is 19.0 Å². The fourth-order valence-electron chi connectivity index (χ4n) is 1.51. The number of ketones is 1. The first-order valence-electron chi connectivity index (χ1n) is 4.54. The van der Waals surface area contributed by atoms with E-state index in [0.717, 1.165) is 22.2 Å². The Balaban J connectivity index is 2.17. The van der Waals surface area contributed by atoms with Gasteiger partial charge in [-0.2, -0.15) is 0 Å². The lowest BCUT2D eigenvalue weighted by atomic mass is 10.1. The van der Waals surface area contributed by atoms with Gasteiger partial charge in [-0.1, -0.05) is 0 Å². The Labute approximate surface area is 95.4 Å². The summed E-state index contributed by atoms with van der Waals surface area (Å²) >= 11 is 4.84. The van der Waals surface area contributed by atoms with E-state index >= 15 is 0 Å². The number of methoxy groups -OCH3 is 1. The van der Waals surface area contributed by atoms with Gasteiger partial charge in [0.15, 0.2) is 0 Å². The third kappa shape index (κ3) is 1.92. The Morgan fingerprint density at radius 2 is 2.43 bits per heavy atom. The van der Waals surface area contributed by atoms with E-state index in [1.165, 1.54) is 11.3 Å². The second kappa shape index (κ2) is 4.13. The zero-order valence-corrected chi connectivity index (χ0v) is 10.2. The van der Waals surface area contributed by atoms with E-state index in [9.17, 15) is 4.79 Å². The lowest BCUT2D eigenvalue weighted by molar-refractivity contribution is 0.0543. The largest absolute Gasteiger partial charge is 0.373 e. The highest BCUT2D eigenvalue weighted by Crippen LogP contribution is 2.37. The summed E-state index contributed by atoms with van der Waals surface area (Å²) in [6.45, 7) is 0. The Kier molecular flexibility index (Phi) is 3.04. The number of carbonyl (C=O) groups is 1. The molecule has 0 radical (unpaired) electrons. The van der Waals surface area contributed by atoms with Crippen LogP contribution in [0.15, 0.2) is 15.9 Å². The summed E-state index contributed by atoms with van der Waals surface area (Å²) in [7, 11) is 1.61. The van der Waals surface area contributed by atoms with Crippen molar-refractivity contribution in [2.24, 2.45) is 5.92 Å². The predicted molar refractivity (Wildman–Crippen MR) is 59.9 cm³/mol. The molecule has 1 fully saturated rings. The molecule has 1 heterocycles. The average molecular weight is 275 g/mol. The molecule has 1 unspecified atom stereocenters. The van der Waals surface area contributed by atoms with Crippen LogP contribution in [0.25, 0.3) is 0 Å². The number of rotatable bonds is 4. The van der Waals surface area contributed by atoms with Gasteiger partial charge in [0.25, 0.3) is 0 Å². The van der Waals surface area contributed by atoms with Crippen LogP contribution < -0.4 is 0 Å². The van der Waals surface area contributed by atoms with Crippen LogP contribution in [0.4, 0.5) is 0 Å². The molecule has 0 aliphatic heterocycles. The highest BCUT2D eigenvalue weighted by molar-refractivity contribution is 9.10. The highest BCUT2D eigenvalue weighted by atomic mass is 79.9. The van der Waals surface area contributed by atoms with E-state index in [1.807, 2.05) is 11.4 Å². The van der Waals surface area contributed by atoms with Gasteiger partial charge >= 0.3 is 0 Å². The van der Waals surface area contributed by atoms with E-state index in [0.29, 0.717) is 5.92 Å². The van der Waals surface area contributed by atoms with Crippen molar-refractivity contribution in [3.05, 3.63) is 20.8 Å². The second-order valence-corrected chi connectivity index (χ2v) is 5.23. The molecule has 76 valence electrons. The Hall–Kier alpha value is -0.190. The number of carbonyl (C=O) groups excluding carboxylic acids is 1. The molecule has 14 heavy (non-hydrogen) atoms. The molecular formula is C10H11BrO2S. The number of thiophene rings is 1. The topological polar surface area (TPSA) is 26.3 Å². The summed E-state index contributed by atoms with van der Waals surface area (Å²) in [6.07, 6.45) is 2.01. The lowest BCUT2D eigenvalue weighted by Crippen LogP contribution is -2.24. The van der Waals surface area contributed by atoms with Crippen molar-refractivity contribution in [3.8, 4) is 0 Å². The van der Waals surface area contributed by atoms with Gasteiger partial charge in [0, 0.05) is 11.6 Å². The lowest BCUT2D eigenvalue weighted by Gasteiger charge is -2.11. The van der Waals surface area contributed by atoms with Crippen molar-refractivity contribution in [3.63, 3.8) is 0 Å². The van der Waals surface area contributed by atoms with Gasteiger partial charge in [-0.15, -0.1) is 11.3 Å². The molecule has 0 saturated heterocycles. The van der Waals surface area contributed by atoms with Crippen molar-refractivity contribution >= 4 is 33.0 Å². The van der Waals surface area contributed by atoms with Crippen LogP contribution in [0.1, 0.15) is 22.5 Å². The molecule has 1 atom stereocenters. The van der Waals surface area contributed by atoms with E-state index in [4.69, 9.17) is 4.74 Å². The summed E-state index contributed by atoms with van der Waals surface area (Å²) in [6, 6.07) is 1.90. The smallest absolute Gasteiger partial charge is 0.202 e. The van der Waals surface area contributed by atoms with Gasteiger partial charge in [0.2, 0.25) is 5.78 Å². The minimum atomic E-state index is -0.232. The van der Waals surface area contributed by atoms with Gasteiger partial charge in [-0.3, -0.25) is 4.79 Å². The highest BCUT2D eigenvalue weighted by Gasteiger charge is 2.37. The third-order valence-electron chi connectivity index (χ3n) is 2.40. The normalized spacial score (nSPS) is 18.1. The molecule has 2 nitrogen and oxygen atoms in total. The molecule has 4 heteroatoms. The number of ether oxygens (including phenoxy) is 1. The van der Waals surface area contributed by atoms with Crippen molar-refractivity contribution in [2.75, 3.05) is 7.11 Å². The van der Waals surface area contributed by atoms with Crippen LogP contribution in [-0.2, 0) is 4.74 Å². The fraction of sp³-hybridized carbons (Fsp3) is 0.500. The van der Waals surface area contributed by atoms with Gasteiger partial charge in [-0.05, 0) is 46.1 Å². The van der Waals surface area contributed by atoms with Crippen LogP contribution in [0, 0.1) is 5.92 Å². The molecule has 1 aliphatic carbocycles. The first kappa shape index (κ1) is 10.3. The van der Waals surface area contributed by atoms with Gasteiger partial charge in [-0.25, -0.2) is 0 Å². The summed E-state index contributed by atoms with van der Waals surface area (Å²) in [5.74, 6) is 0.568. The quantitative estimate of drug-likeness (QED) is 0.789. The summed E-state index contributed by atoms with van der Waals surface area (Å²) in [4.78, 5) is 12.8. The first-order valence-corrected chi connectivity index (χ1v) is 6.21. The summed E-state index contributed by atoms with van der Waals surface area (Å²) in [5.41, 5.74) is 0. The predicted octanol–water partition coefficient (Wildman–Crippen LogP) is 3.12. The molecule has 0 spiro atoms. The van der Waals surface area contributed by atoms with Crippen LogP contribution in [0.5, 0.6) is 0 Å². The molecular weight excluding hydrogens is 264 g/mol. The van der Waals surface area contributed by atoms with Gasteiger partial charge in [0.05, 0.1) is 4.88 Å². The summed E-state index contributed by atoms with van der Waals surface area (Å²) < 4.78 is 6.14. The van der Waals surface area contributed by atoms with Gasteiger partial charge in [0.1, 0.15) is 6.10 Å². The molecule has 1 aromatic rings. The maximum Gasteiger partial charge on any atom is 0.202 e. The van der Waals surface area contributed by atoms with Crippen molar-refractivity contribution < 1.29 is 9.53 Å². The number of Topliss-reactive ketones (excluding diaryl/α,β-unsaturated/α-hetero) is 1. The average Bonchev–Trinajstić information content (AvgIpc) is 2.90. The Bertz CT molecular complexity index is 344. The van der Waals surface area contributed by atoms with E-state index in [-0.39, 0.29) is 11.9 Å². The van der Waals surface area contributed by atoms with E-state index < -0.39 is 0 Å². The number of hydrogen-bond donors (Lipinski definition) is 0. The van der Waals surface area contributed by atoms with Gasteiger partial charge < -0.3 is 4.74 Å². The zero-order chi connectivity index (χ0) is 10.1. The van der Waals surface area contributed by atoms with Crippen molar-refractivity contribution in [2.45, 2.75) is 18.9 Å². The fourth-order valence-corrected chi connectivity index (χ4v) is 3.05. The number of halogens is 1. The second-order valence-electron chi connectivity index (χ2n) is 3.46. The molecule has 0 N–H and O–H groups in total. The van der Waals surface area contributed by atoms with E-state index in [2.05, 4.69) is 15.9 Å². The van der Waals surface area contributed by atoms with Crippen LogP contribution >= 0.6 is 27.3 Å². The zero-order valence-electron chi connectivity index (χ0n) is 7.83. The van der Waals surface area contributed by atoms with E-state index in [1.54, 1.807) is 7.11 Å². The maximum absolute atomic E-state index is 12.0. The number of hydrogen-bond acceptors (Lipinski definition) is 3. The Morgan fingerprint density at radius 1 is 1.71 bits per heavy atom. The third-order valence-corrected chi connectivity index (χ3v) is 4.26. The monoisotopic (exact) mass is 274 g/mol. The minimum absolute atomic E-state index is 0.122. The molecule has 1 aromatic heterocycles. The molecule has 0 bridgehead atoms. The molecule has 0 aromatic carbocycles. The first-order chi connectivity index (χ1) is 6.74. The SMILES string of the molecule is COC(C(=O)c1sccc1Br)C1CC1. The maximum atomic E-state index is 12.0. The molecule has 0 amide bonds. The standard InChI is InChI=1S/C10H11BrO2S/c1-13-9(6-2-3-6)8(12)10-7(11)4-5-14-10/h4-6,9H,2-3H2,1H3. The summed E-state index contributed by atoms with van der Waals surface area (Å²) in [5, 5.41) is 1.91. The molecule has 1 aliphatic rings. The van der Waals surface area contributed by atoms with Crippen molar-refractivity contribution in [1.82, 2.24) is 0 Å².